The van der Waals surface area contributed by atoms with E-state index < -0.39 is 0 Å². The average molecular weight is 452 g/mol. The summed E-state index contributed by atoms with van der Waals surface area (Å²) in [6.45, 7) is 0.488. The van der Waals surface area contributed by atoms with Crippen molar-refractivity contribution < 1.29 is 19.0 Å². The molecule has 0 bridgehead atoms. The number of pyridine rings is 1. The molecule has 2 atom stereocenters. The summed E-state index contributed by atoms with van der Waals surface area (Å²) in [5, 5.41) is 2.36. The lowest BCUT2D eigenvalue weighted by molar-refractivity contribution is -0.141. The first-order valence-electron chi connectivity index (χ1n) is 11.7. The summed E-state index contributed by atoms with van der Waals surface area (Å²) in [5.41, 5.74) is 5.78. The summed E-state index contributed by atoms with van der Waals surface area (Å²) in [7, 11) is 1.41. The number of aromatic nitrogens is 1. The number of methoxy groups -OCH3 is 1. The van der Waals surface area contributed by atoms with E-state index in [2.05, 4.69) is 48.5 Å². The third-order valence-corrected chi connectivity index (χ3v) is 6.93. The van der Waals surface area contributed by atoms with Gasteiger partial charge in [0.05, 0.1) is 25.8 Å². The van der Waals surface area contributed by atoms with Crippen LogP contribution in [0.3, 0.4) is 0 Å². The first-order chi connectivity index (χ1) is 16.7. The zero-order valence-corrected chi connectivity index (χ0v) is 19.0. The van der Waals surface area contributed by atoms with Crippen LogP contribution in [0.15, 0.2) is 72.9 Å². The molecule has 1 aromatic heterocycles. The van der Waals surface area contributed by atoms with Crippen LogP contribution in [-0.2, 0) is 16.0 Å². The van der Waals surface area contributed by atoms with Crippen LogP contribution in [0.1, 0.15) is 41.6 Å². The molecule has 0 spiro atoms. The van der Waals surface area contributed by atoms with E-state index in [1.165, 1.54) is 34.6 Å². The minimum atomic E-state index is -0.221. The van der Waals surface area contributed by atoms with Crippen molar-refractivity contribution in [1.29, 1.82) is 0 Å². The Balaban J connectivity index is 1.28. The van der Waals surface area contributed by atoms with Crippen LogP contribution in [-0.4, -0.2) is 24.7 Å². The number of hydrogen-bond acceptors (Lipinski definition) is 5. The number of ether oxygens (including phenoxy) is 3. The Morgan fingerprint density at radius 2 is 1.97 bits per heavy atom. The minimum absolute atomic E-state index is 0.0183. The maximum atomic E-state index is 11.7. The second kappa shape index (κ2) is 8.49. The summed E-state index contributed by atoms with van der Waals surface area (Å²) in [4.78, 5) is 16.4. The van der Waals surface area contributed by atoms with Gasteiger partial charge in [0.15, 0.2) is 0 Å². The molecule has 1 aliphatic carbocycles. The van der Waals surface area contributed by atoms with E-state index in [-0.39, 0.29) is 18.0 Å². The monoisotopic (exact) mass is 451 g/mol. The molecular weight excluding hydrogens is 426 g/mol. The molecule has 34 heavy (non-hydrogen) atoms. The highest BCUT2D eigenvalue weighted by Gasteiger charge is 2.30. The molecule has 170 valence electrons. The van der Waals surface area contributed by atoms with Gasteiger partial charge in [-0.1, -0.05) is 48.5 Å². The lowest BCUT2D eigenvalue weighted by Crippen LogP contribution is -2.09. The molecule has 1 unspecified atom stereocenters. The zero-order chi connectivity index (χ0) is 23.1. The molecule has 0 saturated heterocycles. The molecule has 0 radical (unpaired) electrons. The SMILES string of the molecule is COC(=O)CC1COc2cc(O[C@@H]3CCc4c(-c5nccc6ccccc56)cccc43)ccc21. The summed E-state index contributed by atoms with van der Waals surface area (Å²) < 4.78 is 17.1. The van der Waals surface area contributed by atoms with Gasteiger partial charge in [0, 0.05) is 34.7 Å². The fraction of sp³-hybridized carbons (Fsp3) is 0.241. The normalized spacial score (nSPS) is 18.3. The number of esters is 1. The van der Waals surface area contributed by atoms with Crippen LogP contribution in [0.4, 0.5) is 0 Å². The van der Waals surface area contributed by atoms with Crippen LogP contribution >= 0.6 is 0 Å². The molecule has 0 saturated carbocycles. The summed E-state index contributed by atoms with van der Waals surface area (Å²) >= 11 is 0. The Kier molecular flexibility index (Phi) is 5.17. The van der Waals surface area contributed by atoms with Crippen molar-refractivity contribution in [3.63, 3.8) is 0 Å². The van der Waals surface area contributed by atoms with Crippen LogP contribution in [0.25, 0.3) is 22.0 Å². The Bertz CT molecular complexity index is 1390. The van der Waals surface area contributed by atoms with Gasteiger partial charge in [-0.3, -0.25) is 9.78 Å². The largest absolute Gasteiger partial charge is 0.492 e. The van der Waals surface area contributed by atoms with Gasteiger partial charge in [0.1, 0.15) is 17.6 Å². The quantitative estimate of drug-likeness (QED) is 0.348. The maximum absolute atomic E-state index is 11.7. The van der Waals surface area contributed by atoms with Gasteiger partial charge in [0.25, 0.3) is 0 Å². The molecule has 5 heteroatoms. The van der Waals surface area contributed by atoms with Crippen molar-refractivity contribution in [1.82, 2.24) is 4.98 Å². The second-order valence-corrected chi connectivity index (χ2v) is 8.89. The van der Waals surface area contributed by atoms with E-state index in [4.69, 9.17) is 19.2 Å². The Labute approximate surface area is 198 Å². The van der Waals surface area contributed by atoms with Crippen LogP contribution in [0, 0.1) is 0 Å². The number of hydrogen-bond donors (Lipinski definition) is 0. The smallest absolute Gasteiger partial charge is 0.306 e. The standard InChI is InChI=1S/C29H25NO4/c1-32-28(31)15-19-17-33-27-16-20(9-10-21(19)27)34-26-12-11-23-24(26)7-4-8-25(23)29-22-6-3-2-5-18(22)13-14-30-29/h2-10,13-14,16,19,26H,11-12,15,17H2,1H3/t19?,26-/m1/s1. The topological polar surface area (TPSA) is 57.7 Å². The molecule has 0 amide bonds. The predicted octanol–water partition coefficient (Wildman–Crippen LogP) is 6.01. The van der Waals surface area contributed by atoms with E-state index in [1.54, 1.807) is 0 Å². The van der Waals surface area contributed by atoms with Gasteiger partial charge in [-0.2, -0.15) is 0 Å². The van der Waals surface area contributed by atoms with Gasteiger partial charge in [-0.25, -0.2) is 0 Å². The number of nitrogens with zero attached hydrogens (tertiary/aromatic N) is 1. The van der Waals surface area contributed by atoms with Crippen LogP contribution < -0.4 is 9.47 Å². The van der Waals surface area contributed by atoms with Crippen LogP contribution in [0.2, 0.25) is 0 Å². The molecule has 5 nitrogen and oxygen atoms in total. The highest BCUT2D eigenvalue weighted by atomic mass is 16.5. The van der Waals surface area contributed by atoms with Crippen LogP contribution in [0.5, 0.6) is 11.5 Å². The van der Waals surface area contributed by atoms with E-state index in [9.17, 15) is 4.79 Å². The fourth-order valence-corrected chi connectivity index (χ4v) is 5.24. The average Bonchev–Trinajstić information content (AvgIpc) is 3.47. The van der Waals surface area contributed by atoms with Gasteiger partial charge < -0.3 is 14.2 Å². The number of fused-ring (bicyclic) bond motifs is 3. The number of benzene rings is 3. The first-order valence-corrected chi connectivity index (χ1v) is 11.7. The van der Waals surface area contributed by atoms with Crippen molar-refractivity contribution in [2.24, 2.45) is 0 Å². The van der Waals surface area contributed by atoms with Gasteiger partial charge in [-0.05, 0) is 41.5 Å². The predicted molar refractivity (Wildman–Crippen MR) is 130 cm³/mol. The van der Waals surface area contributed by atoms with Crippen molar-refractivity contribution in [2.75, 3.05) is 13.7 Å². The number of carbonyl (C=O) groups excluding carboxylic acids is 1. The Morgan fingerprint density at radius 3 is 2.88 bits per heavy atom. The first kappa shape index (κ1) is 20.7. The van der Waals surface area contributed by atoms with E-state index in [0.29, 0.717) is 13.0 Å². The fourth-order valence-electron chi connectivity index (χ4n) is 5.24. The van der Waals surface area contributed by atoms with Crippen molar-refractivity contribution >= 4 is 16.7 Å². The lowest BCUT2D eigenvalue weighted by Gasteiger charge is -2.17. The van der Waals surface area contributed by atoms with Crippen molar-refractivity contribution in [3.8, 4) is 22.8 Å². The van der Waals surface area contributed by atoms with Crippen molar-refractivity contribution in [3.05, 3.63) is 89.6 Å². The minimum Gasteiger partial charge on any atom is -0.492 e. The molecule has 4 aromatic rings. The number of carbonyl (C=O) groups is 1. The van der Waals surface area contributed by atoms with Gasteiger partial charge in [0.2, 0.25) is 0 Å². The molecule has 3 aromatic carbocycles. The van der Waals surface area contributed by atoms with Gasteiger partial charge >= 0.3 is 5.97 Å². The summed E-state index contributed by atoms with van der Waals surface area (Å²) in [5.74, 6) is 1.38. The third kappa shape index (κ3) is 3.58. The summed E-state index contributed by atoms with van der Waals surface area (Å²) in [6.07, 6.45) is 4.06. The maximum Gasteiger partial charge on any atom is 0.306 e. The molecule has 2 aliphatic rings. The molecule has 0 fully saturated rings. The second-order valence-electron chi connectivity index (χ2n) is 8.89. The summed E-state index contributed by atoms with van der Waals surface area (Å²) in [6, 6.07) is 22.8. The molecule has 0 N–H and O–H groups in total. The molecule has 1 aliphatic heterocycles. The lowest BCUT2D eigenvalue weighted by atomic mass is 9.97. The molecule has 2 heterocycles. The van der Waals surface area contributed by atoms with Gasteiger partial charge in [-0.15, -0.1) is 0 Å². The highest BCUT2D eigenvalue weighted by Crippen LogP contribution is 2.43. The van der Waals surface area contributed by atoms with E-state index in [0.717, 1.165) is 35.6 Å². The zero-order valence-electron chi connectivity index (χ0n) is 19.0. The Hall–Kier alpha value is -3.86. The molecular formula is C29H25NO4. The third-order valence-electron chi connectivity index (χ3n) is 6.93. The number of rotatable bonds is 5. The Morgan fingerprint density at radius 1 is 1.06 bits per heavy atom. The molecule has 6 rings (SSSR count). The van der Waals surface area contributed by atoms with E-state index >= 15 is 0 Å². The van der Waals surface area contributed by atoms with Crippen molar-refractivity contribution in [2.45, 2.75) is 31.3 Å². The highest BCUT2D eigenvalue weighted by molar-refractivity contribution is 5.95. The van der Waals surface area contributed by atoms with E-state index in [1.807, 2.05) is 24.4 Å².